The Morgan fingerprint density at radius 2 is 2.60 bits per heavy atom. The Hall–Kier alpha value is -0.480. The topological polar surface area (TPSA) is 51.8 Å². The molecule has 0 saturated heterocycles. The average molecular weight is 157 g/mol. The molecule has 0 radical (unpaired) electrons. The molecule has 0 spiro atoms. The van der Waals surface area contributed by atoms with Gasteiger partial charge in [0.15, 0.2) is 0 Å². The first-order valence-electron chi connectivity index (χ1n) is 3.37. The van der Waals surface area contributed by atoms with Gasteiger partial charge in [-0.3, -0.25) is 0 Å². The zero-order chi connectivity index (χ0) is 7.40. The van der Waals surface area contributed by atoms with Crippen molar-refractivity contribution in [3.8, 4) is 0 Å². The summed E-state index contributed by atoms with van der Waals surface area (Å²) < 4.78 is 3.74. The second kappa shape index (κ2) is 3.63. The molecule has 0 fully saturated rings. The van der Waals surface area contributed by atoms with Crippen molar-refractivity contribution < 1.29 is 0 Å². The van der Waals surface area contributed by atoms with Gasteiger partial charge in [0.1, 0.15) is 0 Å². The highest BCUT2D eigenvalue weighted by molar-refractivity contribution is 7.05. The highest BCUT2D eigenvalue weighted by Gasteiger charge is 2.05. The molecule has 0 bridgehead atoms. The van der Waals surface area contributed by atoms with Crippen LogP contribution in [0.1, 0.15) is 30.7 Å². The van der Waals surface area contributed by atoms with E-state index in [4.69, 9.17) is 5.73 Å². The molecule has 0 saturated carbocycles. The summed E-state index contributed by atoms with van der Waals surface area (Å²) in [5, 5.41) is 3.71. The average Bonchev–Trinajstić information content (AvgIpc) is 2.38. The highest BCUT2D eigenvalue weighted by atomic mass is 32.1. The summed E-state index contributed by atoms with van der Waals surface area (Å²) >= 11 is 1.38. The summed E-state index contributed by atoms with van der Waals surface area (Å²) in [4.78, 5) is 1.09. The van der Waals surface area contributed by atoms with Gasteiger partial charge in [0.2, 0.25) is 0 Å². The monoisotopic (exact) mass is 157 g/mol. The van der Waals surface area contributed by atoms with Gasteiger partial charge in [0.25, 0.3) is 0 Å². The van der Waals surface area contributed by atoms with Gasteiger partial charge in [-0.15, -0.1) is 5.10 Å². The predicted octanol–water partition coefficient (Wildman–Crippen LogP) is 1.34. The number of nitrogens with two attached hydrogens (primary N) is 1. The molecule has 0 aromatic carbocycles. The molecule has 0 aliphatic rings. The number of aromatic nitrogens is 2. The van der Waals surface area contributed by atoms with Gasteiger partial charge >= 0.3 is 0 Å². The molecule has 0 aliphatic carbocycles. The maximum atomic E-state index is 5.78. The lowest BCUT2D eigenvalue weighted by atomic mass is 10.2. The fraction of sp³-hybridized carbons (Fsp3) is 0.667. The SMILES string of the molecule is CCCC(N)c1cnns1. The van der Waals surface area contributed by atoms with Gasteiger partial charge in [0.05, 0.1) is 11.1 Å². The molecule has 1 aromatic rings. The fourth-order valence-corrected chi connectivity index (χ4v) is 1.33. The Morgan fingerprint density at radius 1 is 1.80 bits per heavy atom. The van der Waals surface area contributed by atoms with E-state index in [1.165, 1.54) is 11.5 Å². The van der Waals surface area contributed by atoms with Crippen LogP contribution >= 0.6 is 11.5 Å². The van der Waals surface area contributed by atoms with Crippen molar-refractivity contribution in [1.82, 2.24) is 9.59 Å². The van der Waals surface area contributed by atoms with Crippen LogP contribution < -0.4 is 5.73 Å². The molecular formula is C6H11N3S. The Balaban J connectivity index is 2.50. The zero-order valence-electron chi connectivity index (χ0n) is 5.95. The number of rotatable bonds is 3. The smallest absolute Gasteiger partial charge is 0.0669 e. The summed E-state index contributed by atoms with van der Waals surface area (Å²) in [6.45, 7) is 2.12. The van der Waals surface area contributed by atoms with Crippen LogP contribution in [0.2, 0.25) is 0 Å². The molecular weight excluding hydrogens is 146 g/mol. The maximum absolute atomic E-state index is 5.78. The van der Waals surface area contributed by atoms with E-state index in [0.717, 1.165) is 17.7 Å². The van der Waals surface area contributed by atoms with Crippen LogP contribution in [0.4, 0.5) is 0 Å². The van der Waals surface area contributed by atoms with Gasteiger partial charge in [-0.25, -0.2) is 0 Å². The van der Waals surface area contributed by atoms with E-state index in [9.17, 15) is 0 Å². The molecule has 1 unspecified atom stereocenters. The molecule has 1 rings (SSSR count). The molecule has 0 amide bonds. The van der Waals surface area contributed by atoms with Gasteiger partial charge in [0, 0.05) is 6.04 Å². The quantitative estimate of drug-likeness (QED) is 0.720. The van der Waals surface area contributed by atoms with E-state index in [-0.39, 0.29) is 6.04 Å². The van der Waals surface area contributed by atoms with Crippen molar-refractivity contribution >= 4 is 11.5 Å². The van der Waals surface area contributed by atoms with E-state index in [1.807, 2.05) is 0 Å². The minimum atomic E-state index is 0.144. The van der Waals surface area contributed by atoms with Crippen molar-refractivity contribution in [2.75, 3.05) is 0 Å². The molecule has 0 aliphatic heterocycles. The Bertz CT molecular complexity index is 173. The van der Waals surface area contributed by atoms with Crippen LogP contribution in [0.5, 0.6) is 0 Å². The lowest BCUT2D eigenvalue weighted by Gasteiger charge is -2.03. The third kappa shape index (κ3) is 1.75. The maximum Gasteiger partial charge on any atom is 0.0669 e. The van der Waals surface area contributed by atoms with Crippen LogP contribution in [0, 0.1) is 0 Å². The Morgan fingerprint density at radius 3 is 3.10 bits per heavy atom. The van der Waals surface area contributed by atoms with E-state index >= 15 is 0 Å². The minimum absolute atomic E-state index is 0.144. The third-order valence-corrected chi connectivity index (χ3v) is 2.14. The van der Waals surface area contributed by atoms with Crippen molar-refractivity contribution in [3.05, 3.63) is 11.1 Å². The van der Waals surface area contributed by atoms with Crippen molar-refractivity contribution in [1.29, 1.82) is 0 Å². The predicted molar refractivity (Wildman–Crippen MR) is 41.7 cm³/mol. The minimum Gasteiger partial charge on any atom is -0.323 e. The summed E-state index contributed by atoms with van der Waals surface area (Å²) in [7, 11) is 0. The second-order valence-electron chi connectivity index (χ2n) is 2.22. The van der Waals surface area contributed by atoms with E-state index < -0.39 is 0 Å². The first-order valence-corrected chi connectivity index (χ1v) is 4.14. The summed E-state index contributed by atoms with van der Waals surface area (Å²) in [6, 6.07) is 0.144. The first kappa shape index (κ1) is 7.63. The van der Waals surface area contributed by atoms with Crippen LogP contribution in [-0.2, 0) is 0 Å². The third-order valence-electron chi connectivity index (χ3n) is 1.34. The number of nitrogens with zero attached hydrogens (tertiary/aromatic N) is 2. The van der Waals surface area contributed by atoms with Crippen LogP contribution in [0.15, 0.2) is 6.20 Å². The molecule has 1 heterocycles. The standard InChI is InChI=1S/C6H11N3S/c1-2-3-5(7)6-4-8-9-10-6/h4-5H,2-3,7H2,1H3. The second-order valence-corrected chi connectivity index (χ2v) is 3.03. The van der Waals surface area contributed by atoms with E-state index in [1.54, 1.807) is 6.20 Å². The van der Waals surface area contributed by atoms with Gasteiger partial charge in [-0.1, -0.05) is 17.8 Å². The molecule has 10 heavy (non-hydrogen) atoms. The number of hydrogen-bond acceptors (Lipinski definition) is 4. The lowest BCUT2D eigenvalue weighted by Crippen LogP contribution is -2.07. The van der Waals surface area contributed by atoms with Crippen LogP contribution in [0.3, 0.4) is 0 Å². The summed E-state index contributed by atoms with van der Waals surface area (Å²) in [5.41, 5.74) is 5.78. The Labute approximate surface area is 64.4 Å². The van der Waals surface area contributed by atoms with Crippen LogP contribution in [0.25, 0.3) is 0 Å². The number of hydrogen-bond donors (Lipinski definition) is 1. The highest BCUT2D eigenvalue weighted by Crippen LogP contribution is 2.16. The lowest BCUT2D eigenvalue weighted by molar-refractivity contribution is 0.647. The van der Waals surface area contributed by atoms with E-state index in [0.29, 0.717) is 0 Å². The van der Waals surface area contributed by atoms with Crippen LogP contribution in [-0.4, -0.2) is 9.59 Å². The molecule has 56 valence electrons. The van der Waals surface area contributed by atoms with Crippen molar-refractivity contribution in [3.63, 3.8) is 0 Å². The molecule has 4 heteroatoms. The molecule has 3 nitrogen and oxygen atoms in total. The summed E-state index contributed by atoms with van der Waals surface area (Å²) in [5.74, 6) is 0. The molecule has 1 aromatic heterocycles. The Kier molecular flexibility index (Phi) is 2.77. The first-order chi connectivity index (χ1) is 4.84. The summed E-state index contributed by atoms with van der Waals surface area (Å²) in [6.07, 6.45) is 3.87. The largest absolute Gasteiger partial charge is 0.323 e. The van der Waals surface area contributed by atoms with Gasteiger partial charge in [-0.2, -0.15) is 0 Å². The van der Waals surface area contributed by atoms with Gasteiger partial charge in [-0.05, 0) is 18.0 Å². The fourth-order valence-electron chi connectivity index (χ4n) is 0.791. The van der Waals surface area contributed by atoms with E-state index in [2.05, 4.69) is 16.5 Å². The van der Waals surface area contributed by atoms with Gasteiger partial charge < -0.3 is 5.73 Å². The molecule has 2 N–H and O–H groups in total. The molecule has 1 atom stereocenters. The van der Waals surface area contributed by atoms with Crippen molar-refractivity contribution in [2.24, 2.45) is 5.73 Å². The normalized spacial score (nSPS) is 13.4. The van der Waals surface area contributed by atoms with Crippen molar-refractivity contribution in [2.45, 2.75) is 25.8 Å². The zero-order valence-corrected chi connectivity index (χ0v) is 6.77.